The van der Waals surface area contributed by atoms with E-state index in [1.807, 2.05) is 18.2 Å². The lowest BCUT2D eigenvalue weighted by molar-refractivity contribution is 0.00847. The smallest absolute Gasteiger partial charge is 0.335 e. The predicted octanol–water partition coefficient (Wildman–Crippen LogP) is 3.61. The maximum atomic E-state index is 11.1. The van der Waals surface area contributed by atoms with Gasteiger partial charge in [-0.25, -0.2) is 4.79 Å². The fraction of sp³-hybridized carbons (Fsp3) is 0.300. The number of nitrogens with zero attached hydrogens (tertiary/aromatic N) is 2. The van der Waals surface area contributed by atoms with Gasteiger partial charge in [0.15, 0.2) is 17.3 Å². The zero-order chi connectivity index (χ0) is 18.8. The molecule has 7 nitrogen and oxygen atoms in total. The van der Waals surface area contributed by atoms with Crippen LogP contribution in [0.1, 0.15) is 47.5 Å². The summed E-state index contributed by atoms with van der Waals surface area (Å²) in [6, 6.07) is 12.4. The van der Waals surface area contributed by atoms with Gasteiger partial charge in [-0.15, -0.1) is 0 Å². The highest BCUT2D eigenvalue weighted by molar-refractivity contribution is 6.00. The van der Waals surface area contributed by atoms with Gasteiger partial charge in [0, 0.05) is 17.7 Å². The molecule has 27 heavy (non-hydrogen) atoms. The Balaban J connectivity index is 1.62. The lowest BCUT2D eigenvalue weighted by atomic mass is 10.1. The van der Waals surface area contributed by atoms with Gasteiger partial charge in [-0.05, 0) is 36.8 Å². The van der Waals surface area contributed by atoms with Crippen LogP contribution < -0.4 is 9.47 Å². The Hall–Kier alpha value is -3.22. The molecule has 0 spiro atoms. The Morgan fingerprint density at radius 2 is 1.96 bits per heavy atom. The molecule has 0 amide bonds. The van der Waals surface area contributed by atoms with Gasteiger partial charge in [-0.1, -0.05) is 30.6 Å². The predicted molar refractivity (Wildman–Crippen MR) is 97.9 cm³/mol. The first-order chi connectivity index (χ1) is 13.2. The zero-order valence-electron chi connectivity index (χ0n) is 14.9. The van der Waals surface area contributed by atoms with E-state index in [1.165, 1.54) is 0 Å². The van der Waals surface area contributed by atoms with E-state index in [0.29, 0.717) is 11.6 Å². The molecule has 0 aliphatic carbocycles. The molecule has 2 aliphatic heterocycles. The summed E-state index contributed by atoms with van der Waals surface area (Å²) >= 11 is 0. The molecule has 1 N–H and O–H groups in total. The second kappa shape index (κ2) is 7.19. The van der Waals surface area contributed by atoms with Crippen molar-refractivity contribution in [1.29, 1.82) is 0 Å². The molecule has 2 aliphatic rings. The number of fused-ring (bicyclic) bond motifs is 1. The van der Waals surface area contributed by atoms with Crippen LogP contribution in [0.25, 0.3) is 0 Å². The number of aromatic carboxylic acids is 1. The second-order valence-electron chi connectivity index (χ2n) is 6.41. The van der Waals surface area contributed by atoms with Crippen molar-refractivity contribution in [3.63, 3.8) is 0 Å². The van der Waals surface area contributed by atoms with Crippen LogP contribution in [0.5, 0.6) is 11.5 Å². The first kappa shape index (κ1) is 17.2. The Labute approximate surface area is 156 Å². The van der Waals surface area contributed by atoms with Crippen LogP contribution in [0.3, 0.4) is 0 Å². The molecule has 140 valence electrons. The van der Waals surface area contributed by atoms with Crippen molar-refractivity contribution in [3.05, 3.63) is 59.2 Å². The third-order valence-corrected chi connectivity index (χ3v) is 4.62. The number of oxime groups is 1. The van der Waals surface area contributed by atoms with Gasteiger partial charge in [-0.3, -0.25) is 0 Å². The van der Waals surface area contributed by atoms with Crippen LogP contribution in [0, 0.1) is 0 Å². The maximum absolute atomic E-state index is 11.1. The van der Waals surface area contributed by atoms with Crippen molar-refractivity contribution >= 4 is 11.8 Å². The molecule has 2 heterocycles. The molecular weight excluding hydrogens is 348 g/mol. The van der Waals surface area contributed by atoms with Crippen LogP contribution in [0.15, 0.2) is 47.6 Å². The molecule has 0 saturated carbocycles. The van der Waals surface area contributed by atoms with Gasteiger partial charge in [-0.2, -0.15) is 0 Å². The largest absolute Gasteiger partial charge is 0.478 e. The van der Waals surface area contributed by atoms with E-state index in [9.17, 15) is 4.79 Å². The third kappa shape index (κ3) is 3.28. The molecule has 7 heteroatoms. The van der Waals surface area contributed by atoms with Crippen LogP contribution in [-0.2, 0) is 4.84 Å². The first-order valence-corrected chi connectivity index (χ1v) is 8.91. The number of unbranched alkanes of at least 4 members (excludes halogenated alkanes) is 1. The number of amidine groups is 1. The molecule has 0 saturated heterocycles. The summed E-state index contributed by atoms with van der Waals surface area (Å²) in [4.78, 5) is 18.9. The Bertz CT molecular complexity index is 878. The monoisotopic (exact) mass is 368 g/mol. The van der Waals surface area contributed by atoms with E-state index in [-0.39, 0.29) is 18.6 Å². The second-order valence-corrected chi connectivity index (χ2v) is 6.41. The zero-order valence-corrected chi connectivity index (χ0v) is 14.9. The van der Waals surface area contributed by atoms with E-state index >= 15 is 0 Å². The molecule has 4 rings (SSSR count). The highest BCUT2D eigenvalue weighted by Gasteiger charge is 2.33. The van der Waals surface area contributed by atoms with Crippen LogP contribution in [0.4, 0.5) is 0 Å². The third-order valence-electron chi connectivity index (χ3n) is 4.62. The number of carboxylic acids is 1. The van der Waals surface area contributed by atoms with Gasteiger partial charge in [0.05, 0.1) is 5.56 Å². The fourth-order valence-corrected chi connectivity index (χ4v) is 3.16. The van der Waals surface area contributed by atoms with E-state index in [2.05, 4.69) is 17.0 Å². The molecule has 2 aromatic rings. The van der Waals surface area contributed by atoms with Crippen molar-refractivity contribution in [2.45, 2.75) is 26.0 Å². The SMILES string of the molecule is CCCCN1C(c2ccc(C(=O)O)cc2)=NOC1c1ccc2c(c1)OCO2. The number of rotatable bonds is 6. The molecule has 0 radical (unpaired) electrons. The summed E-state index contributed by atoms with van der Waals surface area (Å²) in [6.45, 7) is 3.13. The molecule has 1 atom stereocenters. The van der Waals surface area contributed by atoms with Gasteiger partial charge in [0.2, 0.25) is 13.0 Å². The molecular formula is C20H20N2O5. The lowest BCUT2D eigenvalue weighted by Crippen LogP contribution is -2.32. The number of ether oxygens (including phenoxy) is 2. The van der Waals surface area contributed by atoms with Gasteiger partial charge in [0.1, 0.15) is 0 Å². The van der Waals surface area contributed by atoms with Gasteiger partial charge < -0.3 is 24.3 Å². The minimum atomic E-state index is -0.952. The number of hydrogen-bond acceptors (Lipinski definition) is 6. The normalized spacial score (nSPS) is 17.6. The van der Waals surface area contributed by atoms with Crippen LogP contribution >= 0.6 is 0 Å². The Morgan fingerprint density at radius 1 is 1.19 bits per heavy atom. The summed E-state index contributed by atoms with van der Waals surface area (Å²) in [5, 5.41) is 13.4. The molecule has 0 bridgehead atoms. The average Bonchev–Trinajstić information content (AvgIpc) is 3.32. The summed E-state index contributed by atoms with van der Waals surface area (Å²) in [7, 11) is 0. The van der Waals surface area contributed by atoms with Crippen molar-refractivity contribution in [2.75, 3.05) is 13.3 Å². The quantitative estimate of drug-likeness (QED) is 0.839. The molecule has 1 unspecified atom stereocenters. The van der Waals surface area contributed by atoms with Gasteiger partial charge >= 0.3 is 5.97 Å². The number of hydrogen-bond donors (Lipinski definition) is 1. The van der Waals surface area contributed by atoms with Crippen molar-refractivity contribution < 1.29 is 24.2 Å². The molecule has 0 fully saturated rings. The summed E-state index contributed by atoms with van der Waals surface area (Å²) in [5.41, 5.74) is 1.99. The first-order valence-electron chi connectivity index (χ1n) is 8.91. The van der Waals surface area contributed by atoms with Gasteiger partial charge in [0.25, 0.3) is 0 Å². The maximum Gasteiger partial charge on any atom is 0.335 e. The highest BCUT2D eigenvalue weighted by Crippen LogP contribution is 2.38. The van der Waals surface area contributed by atoms with E-state index < -0.39 is 5.97 Å². The summed E-state index contributed by atoms with van der Waals surface area (Å²) in [6.07, 6.45) is 1.66. The van der Waals surface area contributed by atoms with Crippen molar-refractivity contribution in [2.24, 2.45) is 5.16 Å². The summed E-state index contributed by atoms with van der Waals surface area (Å²) < 4.78 is 10.8. The topological polar surface area (TPSA) is 80.6 Å². The standard InChI is InChI=1S/C20H20N2O5/c1-2-3-10-22-18(13-4-6-14(7-5-13)20(23)24)21-27-19(22)15-8-9-16-17(11-15)26-12-25-16/h4-9,11,19H,2-3,10,12H2,1H3,(H,23,24). The van der Waals surface area contributed by atoms with Crippen molar-refractivity contribution in [1.82, 2.24) is 4.90 Å². The van der Waals surface area contributed by atoms with Crippen molar-refractivity contribution in [3.8, 4) is 11.5 Å². The summed E-state index contributed by atoms with van der Waals surface area (Å²) in [5.74, 6) is 1.17. The fourth-order valence-electron chi connectivity index (χ4n) is 3.16. The molecule has 0 aromatic heterocycles. The Kier molecular flexibility index (Phi) is 4.58. The Morgan fingerprint density at radius 3 is 2.70 bits per heavy atom. The van der Waals surface area contributed by atoms with E-state index in [1.54, 1.807) is 24.3 Å². The minimum absolute atomic E-state index is 0.224. The highest BCUT2D eigenvalue weighted by atomic mass is 16.7. The van der Waals surface area contributed by atoms with Crippen LogP contribution in [-0.4, -0.2) is 35.1 Å². The lowest BCUT2D eigenvalue weighted by Gasteiger charge is -2.25. The average molecular weight is 368 g/mol. The van der Waals surface area contributed by atoms with E-state index in [4.69, 9.17) is 19.4 Å². The van der Waals surface area contributed by atoms with Crippen LogP contribution in [0.2, 0.25) is 0 Å². The number of carbonyl (C=O) groups is 1. The number of benzene rings is 2. The molecule has 2 aromatic carbocycles. The number of carboxylic acid groups (broad SMARTS) is 1. The van der Waals surface area contributed by atoms with E-state index in [0.717, 1.165) is 36.3 Å². The minimum Gasteiger partial charge on any atom is -0.478 e.